The van der Waals surface area contributed by atoms with Gasteiger partial charge in [0.05, 0.1) is 7.11 Å². The van der Waals surface area contributed by atoms with Crippen LogP contribution in [0.3, 0.4) is 0 Å². The topological polar surface area (TPSA) is 59.1 Å². The van der Waals surface area contributed by atoms with E-state index in [4.69, 9.17) is 9.47 Å². The number of ether oxygens (including phenoxy) is 2. The molecule has 170 valence electrons. The molecule has 0 N–H and O–H groups in total. The fourth-order valence-electron chi connectivity index (χ4n) is 5.73. The van der Waals surface area contributed by atoms with Crippen LogP contribution in [0.4, 0.5) is 0 Å². The van der Waals surface area contributed by atoms with E-state index in [-0.39, 0.29) is 17.2 Å². The molecule has 1 saturated heterocycles. The van der Waals surface area contributed by atoms with Crippen LogP contribution < -0.4 is 9.47 Å². The van der Waals surface area contributed by atoms with Gasteiger partial charge in [-0.2, -0.15) is 0 Å². The second-order valence-electron chi connectivity index (χ2n) is 9.44. The Morgan fingerprint density at radius 1 is 1.16 bits per heavy atom. The van der Waals surface area contributed by atoms with E-state index < -0.39 is 0 Å². The Morgan fingerprint density at radius 3 is 2.58 bits per heavy atom. The summed E-state index contributed by atoms with van der Waals surface area (Å²) in [6, 6.07) is 6.28. The molecule has 1 saturated carbocycles. The average molecular weight is 429 g/mol. The number of piperidine rings is 1. The van der Waals surface area contributed by atoms with Gasteiger partial charge >= 0.3 is 0 Å². The molecule has 31 heavy (non-hydrogen) atoms. The van der Waals surface area contributed by atoms with Gasteiger partial charge < -0.3 is 9.47 Å². The number of carbonyl (C=O) groups excluding carboxylic acids is 2. The summed E-state index contributed by atoms with van der Waals surface area (Å²) in [7, 11) is 1.70. The van der Waals surface area contributed by atoms with Crippen molar-refractivity contribution in [1.29, 1.82) is 0 Å². The zero-order chi connectivity index (χ0) is 21.8. The lowest BCUT2D eigenvalue weighted by molar-refractivity contribution is -0.153. The summed E-state index contributed by atoms with van der Waals surface area (Å²) in [5.74, 6) is 1.92. The zero-order valence-corrected chi connectivity index (χ0v) is 19.0. The van der Waals surface area contributed by atoms with Crippen LogP contribution >= 0.6 is 0 Å². The molecule has 0 bridgehead atoms. The summed E-state index contributed by atoms with van der Waals surface area (Å²) in [5.41, 5.74) is 1.13. The maximum absolute atomic E-state index is 12.6. The van der Waals surface area contributed by atoms with Gasteiger partial charge in [-0.3, -0.25) is 19.4 Å². The molecule has 1 spiro atoms. The molecule has 1 aliphatic carbocycles. The SMILES string of the molecule is CCN(CCCCN1C(=O)CC2(CCCC2)CC1=O)C1COc2cccc(OC)c2C1. The van der Waals surface area contributed by atoms with Crippen molar-refractivity contribution < 1.29 is 19.1 Å². The van der Waals surface area contributed by atoms with E-state index in [1.165, 1.54) is 4.90 Å². The Kier molecular flexibility index (Phi) is 6.85. The van der Waals surface area contributed by atoms with Crippen LogP contribution in [0.15, 0.2) is 18.2 Å². The Hall–Kier alpha value is -2.08. The monoisotopic (exact) mass is 428 g/mol. The van der Waals surface area contributed by atoms with Crippen LogP contribution in [0.5, 0.6) is 11.5 Å². The average Bonchev–Trinajstić information content (AvgIpc) is 3.21. The molecule has 2 heterocycles. The number of amides is 2. The summed E-state index contributed by atoms with van der Waals surface area (Å²) in [6.45, 7) is 5.30. The summed E-state index contributed by atoms with van der Waals surface area (Å²) in [6.07, 6.45) is 8.28. The van der Waals surface area contributed by atoms with Crippen molar-refractivity contribution in [2.75, 3.05) is 33.4 Å². The lowest BCUT2D eigenvalue weighted by Crippen LogP contribution is -2.47. The van der Waals surface area contributed by atoms with Crippen molar-refractivity contribution >= 4 is 11.8 Å². The molecule has 1 unspecified atom stereocenters. The van der Waals surface area contributed by atoms with Crippen LogP contribution in [-0.4, -0.2) is 61.0 Å². The number of fused-ring (bicyclic) bond motifs is 1. The molecule has 2 fully saturated rings. The lowest BCUT2D eigenvalue weighted by atomic mass is 9.76. The minimum Gasteiger partial charge on any atom is -0.496 e. The number of unbranched alkanes of at least 4 members (excludes halogenated alkanes) is 1. The molecule has 6 nitrogen and oxygen atoms in total. The van der Waals surface area contributed by atoms with Crippen LogP contribution in [0.2, 0.25) is 0 Å². The standard InChI is InChI=1S/C25H36N2O4/c1-3-26(19-15-20-21(30-2)9-8-10-22(20)31-18-19)13-6-7-14-27-23(28)16-25(17-24(27)29)11-4-5-12-25/h8-10,19H,3-7,11-18H2,1-2H3. The van der Waals surface area contributed by atoms with E-state index in [1.807, 2.05) is 18.2 Å². The van der Waals surface area contributed by atoms with Gasteiger partial charge in [-0.15, -0.1) is 0 Å². The molecular formula is C25H36N2O4. The Labute approximate surface area is 185 Å². The minimum atomic E-state index is -0.0119. The fourth-order valence-corrected chi connectivity index (χ4v) is 5.73. The summed E-state index contributed by atoms with van der Waals surface area (Å²) >= 11 is 0. The van der Waals surface area contributed by atoms with Crippen molar-refractivity contribution in [1.82, 2.24) is 9.80 Å². The second-order valence-corrected chi connectivity index (χ2v) is 9.44. The summed E-state index contributed by atoms with van der Waals surface area (Å²) in [5, 5.41) is 0. The summed E-state index contributed by atoms with van der Waals surface area (Å²) < 4.78 is 11.5. The van der Waals surface area contributed by atoms with E-state index in [0.29, 0.717) is 32.0 Å². The summed E-state index contributed by atoms with van der Waals surface area (Å²) in [4.78, 5) is 29.3. The minimum absolute atomic E-state index is 0.0119. The third kappa shape index (κ3) is 4.74. The number of imide groups is 1. The molecule has 1 aromatic carbocycles. The van der Waals surface area contributed by atoms with Crippen LogP contribution in [0.25, 0.3) is 0 Å². The Morgan fingerprint density at radius 2 is 1.90 bits per heavy atom. The molecule has 3 aliphatic rings. The number of likely N-dealkylation sites (tertiary alicyclic amines) is 1. The zero-order valence-electron chi connectivity index (χ0n) is 19.0. The van der Waals surface area contributed by atoms with Crippen LogP contribution in [0.1, 0.15) is 63.9 Å². The number of hydrogen-bond donors (Lipinski definition) is 0. The number of likely N-dealkylation sites (N-methyl/N-ethyl adjacent to an activating group) is 1. The predicted molar refractivity (Wildman–Crippen MR) is 119 cm³/mol. The van der Waals surface area contributed by atoms with E-state index in [0.717, 1.165) is 75.1 Å². The molecule has 2 amide bonds. The van der Waals surface area contributed by atoms with Gasteiger partial charge in [0.15, 0.2) is 0 Å². The maximum Gasteiger partial charge on any atom is 0.229 e. The van der Waals surface area contributed by atoms with Crippen molar-refractivity contribution in [2.45, 2.75) is 70.8 Å². The third-order valence-corrected chi connectivity index (χ3v) is 7.50. The molecule has 6 heteroatoms. The number of rotatable bonds is 8. The first kappa shape index (κ1) is 22.1. The van der Waals surface area contributed by atoms with E-state index in [1.54, 1.807) is 7.11 Å². The predicted octanol–water partition coefficient (Wildman–Crippen LogP) is 3.81. The Balaban J connectivity index is 1.26. The normalized spacial score (nSPS) is 22.7. The number of hydrogen-bond acceptors (Lipinski definition) is 5. The van der Waals surface area contributed by atoms with Gasteiger partial charge in [-0.05, 0) is 62.7 Å². The first-order chi connectivity index (χ1) is 15.0. The van der Waals surface area contributed by atoms with Crippen LogP contribution in [-0.2, 0) is 16.0 Å². The fraction of sp³-hybridized carbons (Fsp3) is 0.680. The highest BCUT2D eigenvalue weighted by molar-refractivity contribution is 5.98. The molecule has 1 aromatic rings. The lowest BCUT2D eigenvalue weighted by Gasteiger charge is -2.37. The highest BCUT2D eigenvalue weighted by Crippen LogP contribution is 2.46. The number of methoxy groups -OCH3 is 1. The van der Waals surface area contributed by atoms with Gasteiger partial charge in [0.1, 0.15) is 18.1 Å². The van der Waals surface area contributed by atoms with Gasteiger partial charge in [0.2, 0.25) is 11.8 Å². The quantitative estimate of drug-likeness (QED) is 0.465. The van der Waals surface area contributed by atoms with Crippen molar-refractivity contribution in [3.63, 3.8) is 0 Å². The first-order valence-corrected chi connectivity index (χ1v) is 11.9. The number of benzene rings is 1. The largest absolute Gasteiger partial charge is 0.496 e. The van der Waals surface area contributed by atoms with Gasteiger partial charge in [0.25, 0.3) is 0 Å². The molecule has 0 radical (unpaired) electrons. The van der Waals surface area contributed by atoms with Gasteiger partial charge in [-0.1, -0.05) is 25.8 Å². The van der Waals surface area contributed by atoms with E-state index in [2.05, 4.69) is 11.8 Å². The Bertz CT molecular complexity index is 768. The molecule has 4 rings (SSSR count). The smallest absolute Gasteiger partial charge is 0.229 e. The highest BCUT2D eigenvalue weighted by Gasteiger charge is 2.44. The van der Waals surface area contributed by atoms with Crippen molar-refractivity contribution in [3.05, 3.63) is 23.8 Å². The van der Waals surface area contributed by atoms with E-state index >= 15 is 0 Å². The third-order valence-electron chi connectivity index (χ3n) is 7.50. The number of carbonyl (C=O) groups is 2. The van der Waals surface area contributed by atoms with Crippen LogP contribution in [0, 0.1) is 5.41 Å². The van der Waals surface area contributed by atoms with Crippen molar-refractivity contribution in [2.24, 2.45) is 5.41 Å². The maximum atomic E-state index is 12.6. The molecule has 2 aliphatic heterocycles. The first-order valence-electron chi connectivity index (χ1n) is 11.9. The second kappa shape index (κ2) is 9.60. The highest BCUT2D eigenvalue weighted by atomic mass is 16.5. The van der Waals surface area contributed by atoms with Gasteiger partial charge in [-0.25, -0.2) is 0 Å². The van der Waals surface area contributed by atoms with Gasteiger partial charge in [0, 0.05) is 31.0 Å². The molecule has 0 aromatic heterocycles. The number of nitrogens with zero attached hydrogens (tertiary/aromatic N) is 2. The van der Waals surface area contributed by atoms with E-state index in [9.17, 15) is 9.59 Å². The van der Waals surface area contributed by atoms with Crippen molar-refractivity contribution in [3.8, 4) is 11.5 Å². The molecular weight excluding hydrogens is 392 g/mol. The molecule has 1 atom stereocenters.